The standard InChI is InChI=1S/C14H20N4O3S/c1-17-11-12(9-15-17)22(19,20)16-10-13(14-5-4-8-21-14)18-6-2-3-7-18/h4-5,8-9,11,13,16H,2-3,6-7,10H2,1H3/t13-/m0/s1. The van der Waals surface area contributed by atoms with Crippen molar-refractivity contribution in [2.24, 2.45) is 7.05 Å². The fraction of sp³-hybridized carbons (Fsp3) is 0.500. The van der Waals surface area contributed by atoms with Gasteiger partial charge >= 0.3 is 0 Å². The predicted octanol–water partition coefficient (Wildman–Crippen LogP) is 1.13. The van der Waals surface area contributed by atoms with Gasteiger partial charge in [0.25, 0.3) is 0 Å². The molecular formula is C14H20N4O3S. The number of rotatable bonds is 6. The van der Waals surface area contributed by atoms with E-state index in [1.165, 1.54) is 17.1 Å². The van der Waals surface area contributed by atoms with E-state index in [9.17, 15) is 8.42 Å². The number of nitrogens with zero attached hydrogens (tertiary/aromatic N) is 3. The average Bonchev–Trinajstić information content (AvgIpc) is 3.20. The third-order valence-corrected chi connectivity index (χ3v) is 5.29. The molecule has 1 aliphatic rings. The third-order valence-electron chi connectivity index (χ3n) is 3.91. The zero-order valence-electron chi connectivity index (χ0n) is 12.5. The first-order valence-corrected chi connectivity index (χ1v) is 8.80. The summed E-state index contributed by atoms with van der Waals surface area (Å²) >= 11 is 0. The summed E-state index contributed by atoms with van der Waals surface area (Å²) in [6.07, 6.45) is 6.72. The summed E-state index contributed by atoms with van der Waals surface area (Å²) in [6, 6.07) is 3.64. The highest BCUT2D eigenvalue weighted by atomic mass is 32.2. The molecule has 0 spiro atoms. The van der Waals surface area contributed by atoms with E-state index in [0.29, 0.717) is 0 Å². The minimum Gasteiger partial charge on any atom is -0.468 e. The Hall–Kier alpha value is -1.64. The molecule has 8 heteroatoms. The maximum Gasteiger partial charge on any atom is 0.243 e. The number of aryl methyl sites for hydroxylation is 1. The van der Waals surface area contributed by atoms with Crippen LogP contribution in [0.15, 0.2) is 40.1 Å². The molecule has 0 aliphatic carbocycles. The maximum atomic E-state index is 12.3. The van der Waals surface area contributed by atoms with Gasteiger partial charge < -0.3 is 4.42 Å². The maximum absolute atomic E-state index is 12.3. The van der Waals surface area contributed by atoms with Crippen molar-refractivity contribution in [2.75, 3.05) is 19.6 Å². The van der Waals surface area contributed by atoms with Gasteiger partial charge in [0.05, 0.1) is 18.5 Å². The van der Waals surface area contributed by atoms with Crippen LogP contribution >= 0.6 is 0 Å². The lowest BCUT2D eigenvalue weighted by Gasteiger charge is -2.25. The first-order valence-electron chi connectivity index (χ1n) is 7.32. The number of likely N-dealkylation sites (tertiary alicyclic amines) is 1. The lowest BCUT2D eigenvalue weighted by Crippen LogP contribution is -2.36. The van der Waals surface area contributed by atoms with Gasteiger partial charge in [-0.05, 0) is 38.1 Å². The van der Waals surface area contributed by atoms with Gasteiger partial charge in [0.2, 0.25) is 10.0 Å². The number of hydrogen-bond donors (Lipinski definition) is 1. The number of nitrogens with one attached hydrogen (secondary N) is 1. The lowest BCUT2D eigenvalue weighted by molar-refractivity contribution is 0.216. The second-order valence-electron chi connectivity index (χ2n) is 5.48. The number of sulfonamides is 1. The van der Waals surface area contributed by atoms with Crippen molar-refractivity contribution in [2.45, 2.75) is 23.8 Å². The molecule has 120 valence electrons. The molecule has 0 aromatic carbocycles. The molecule has 2 aromatic rings. The van der Waals surface area contributed by atoms with Crippen molar-refractivity contribution in [3.8, 4) is 0 Å². The topological polar surface area (TPSA) is 80.4 Å². The fourth-order valence-electron chi connectivity index (χ4n) is 2.75. The highest BCUT2D eigenvalue weighted by Crippen LogP contribution is 2.25. The Bertz CT molecular complexity index is 702. The van der Waals surface area contributed by atoms with E-state index in [1.54, 1.807) is 13.3 Å². The smallest absolute Gasteiger partial charge is 0.243 e. The zero-order valence-corrected chi connectivity index (χ0v) is 13.3. The van der Waals surface area contributed by atoms with E-state index < -0.39 is 10.0 Å². The van der Waals surface area contributed by atoms with Gasteiger partial charge in [0.1, 0.15) is 10.7 Å². The van der Waals surface area contributed by atoms with Crippen LogP contribution in [0.4, 0.5) is 0 Å². The van der Waals surface area contributed by atoms with Gasteiger partial charge in [-0.3, -0.25) is 9.58 Å². The van der Waals surface area contributed by atoms with Crippen molar-refractivity contribution < 1.29 is 12.8 Å². The lowest BCUT2D eigenvalue weighted by atomic mass is 10.2. The van der Waals surface area contributed by atoms with Crippen LogP contribution in [0, 0.1) is 0 Å². The molecule has 7 nitrogen and oxygen atoms in total. The van der Waals surface area contributed by atoms with E-state index in [4.69, 9.17) is 4.42 Å². The SMILES string of the molecule is Cn1cc(S(=O)(=O)NC[C@@H](c2ccco2)N2CCCC2)cn1. The molecule has 1 N–H and O–H groups in total. The summed E-state index contributed by atoms with van der Waals surface area (Å²) in [5.41, 5.74) is 0. The summed E-state index contributed by atoms with van der Waals surface area (Å²) in [5, 5.41) is 3.91. The molecule has 1 fully saturated rings. The van der Waals surface area contributed by atoms with Crippen LogP contribution in [0.25, 0.3) is 0 Å². The molecule has 1 atom stereocenters. The number of hydrogen-bond acceptors (Lipinski definition) is 5. The third kappa shape index (κ3) is 3.23. The number of aromatic nitrogens is 2. The second kappa shape index (κ2) is 6.23. The monoisotopic (exact) mass is 324 g/mol. The van der Waals surface area contributed by atoms with E-state index in [1.807, 2.05) is 12.1 Å². The molecular weight excluding hydrogens is 304 g/mol. The first kappa shape index (κ1) is 15.3. The summed E-state index contributed by atoms with van der Waals surface area (Å²) < 4.78 is 34.3. The molecule has 1 saturated heterocycles. The Morgan fingerprint density at radius 1 is 1.41 bits per heavy atom. The Balaban J connectivity index is 1.74. The van der Waals surface area contributed by atoms with Crippen molar-refractivity contribution in [3.63, 3.8) is 0 Å². The molecule has 0 saturated carbocycles. The molecule has 22 heavy (non-hydrogen) atoms. The molecule has 0 amide bonds. The van der Waals surface area contributed by atoms with E-state index in [-0.39, 0.29) is 17.5 Å². The van der Waals surface area contributed by atoms with Crippen molar-refractivity contribution in [3.05, 3.63) is 36.5 Å². The molecule has 3 heterocycles. The Kier molecular flexibility index (Phi) is 4.32. The van der Waals surface area contributed by atoms with Gasteiger partial charge in [0.15, 0.2) is 0 Å². The Morgan fingerprint density at radius 3 is 2.77 bits per heavy atom. The Labute approximate surface area is 130 Å². The fourth-order valence-corrected chi connectivity index (χ4v) is 3.77. The van der Waals surface area contributed by atoms with Gasteiger partial charge in [-0.25, -0.2) is 13.1 Å². The molecule has 1 aliphatic heterocycles. The molecule has 0 radical (unpaired) electrons. The van der Waals surface area contributed by atoms with Gasteiger partial charge in [0, 0.05) is 19.8 Å². The van der Waals surface area contributed by atoms with Gasteiger partial charge in [-0.2, -0.15) is 5.10 Å². The van der Waals surface area contributed by atoms with Crippen LogP contribution in [0.3, 0.4) is 0 Å². The van der Waals surface area contributed by atoms with Crippen molar-refractivity contribution in [1.29, 1.82) is 0 Å². The number of furan rings is 1. The minimum absolute atomic E-state index is 0.0797. The molecule has 0 unspecified atom stereocenters. The second-order valence-corrected chi connectivity index (χ2v) is 7.24. The van der Waals surface area contributed by atoms with E-state index >= 15 is 0 Å². The van der Waals surface area contributed by atoms with E-state index in [2.05, 4.69) is 14.7 Å². The van der Waals surface area contributed by atoms with Crippen molar-refractivity contribution >= 4 is 10.0 Å². The molecule has 0 bridgehead atoms. The van der Waals surface area contributed by atoms with Crippen LogP contribution < -0.4 is 4.72 Å². The normalized spacial score (nSPS) is 17.9. The predicted molar refractivity (Wildman–Crippen MR) is 80.7 cm³/mol. The van der Waals surface area contributed by atoms with Gasteiger partial charge in [-0.15, -0.1) is 0 Å². The summed E-state index contributed by atoms with van der Waals surface area (Å²) in [7, 11) is -1.87. The van der Waals surface area contributed by atoms with Crippen molar-refractivity contribution in [1.82, 2.24) is 19.4 Å². The van der Waals surface area contributed by atoms with Crippen LogP contribution in [0.5, 0.6) is 0 Å². The first-order chi connectivity index (χ1) is 10.6. The molecule has 3 rings (SSSR count). The van der Waals surface area contributed by atoms with E-state index in [0.717, 1.165) is 31.7 Å². The van der Waals surface area contributed by atoms with Crippen LogP contribution in [-0.4, -0.2) is 42.7 Å². The zero-order chi connectivity index (χ0) is 15.6. The highest BCUT2D eigenvalue weighted by molar-refractivity contribution is 7.89. The summed E-state index contributed by atoms with van der Waals surface area (Å²) in [5.74, 6) is 0.788. The Morgan fingerprint density at radius 2 is 2.18 bits per heavy atom. The summed E-state index contributed by atoms with van der Waals surface area (Å²) in [4.78, 5) is 2.43. The van der Waals surface area contributed by atoms with Gasteiger partial charge in [-0.1, -0.05) is 0 Å². The highest BCUT2D eigenvalue weighted by Gasteiger charge is 2.27. The van der Waals surface area contributed by atoms with Crippen LogP contribution in [0.2, 0.25) is 0 Å². The van der Waals surface area contributed by atoms with Crippen LogP contribution in [0.1, 0.15) is 24.6 Å². The minimum atomic E-state index is -3.56. The van der Waals surface area contributed by atoms with Crippen LogP contribution in [-0.2, 0) is 17.1 Å². The molecule has 2 aromatic heterocycles. The summed E-state index contributed by atoms with van der Waals surface area (Å²) in [6.45, 7) is 2.20. The quantitative estimate of drug-likeness (QED) is 0.861. The largest absolute Gasteiger partial charge is 0.468 e. The average molecular weight is 324 g/mol.